The van der Waals surface area contributed by atoms with E-state index in [4.69, 9.17) is 33.4 Å². The standard InChI is InChI=1S/C13H11Cl2NO5/c14-8-2-3-9(15)7(5-8)1-4-11(17)16-10(13(20)21)6-12(18)19/h1-5,10H,6H2,(H,16,17)(H,18,19)(H,20,21)/b4-1+. The van der Waals surface area contributed by atoms with Crippen LogP contribution in [0.2, 0.25) is 10.0 Å². The van der Waals surface area contributed by atoms with Crippen LogP contribution in [0.1, 0.15) is 12.0 Å². The van der Waals surface area contributed by atoms with Gasteiger partial charge >= 0.3 is 11.9 Å². The Labute approximate surface area is 130 Å². The number of benzene rings is 1. The summed E-state index contributed by atoms with van der Waals surface area (Å²) in [6, 6.07) is 3.15. The summed E-state index contributed by atoms with van der Waals surface area (Å²) in [5, 5.41) is 20.2. The molecule has 1 unspecified atom stereocenters. The van der Waals surface area contributed by atoms with E-state index in [-0.39, 0.29) is 0 Å². The number of aliphatic carboxylic acids is 2. The number of amides is 1. The molecule has 8 heteroatoms. The molecule has 0 bridgehead atoms. The predicted octanol–water partition coefficient (Wildman–Crippen LogP) is 2.05. The van der Waals surface area contributed by atoms with E-state index in [9.17, 15) is 14.4 Å². The summed E-state index contributed by atoms with van der Waals surface area (Å²) >= 11 is 11.7. The van der Waals surface area contributed by atoms with Gasteiger partial charge < -0.3 is 15.5 Å². The average Bonchev–Trinajstić information content (AvgIpc) is 2.38. The minimum absolute atomic E-state index is 0.365. The third-order valence-electron chi connectivity index (χ3n) is 2.37. The highest BCUT2D eigenvalue weighted by molar-refractivity contribution is 6.34. The van der Waals surface area contributed by atoms with Gasteiger partial charge in [-0.1, -0.05) is 23.2 Å². The summed E-state index contributed by atoms with van der Waals surface area (Å²) in [7, 11) is 0. The molecule has 0 aliphatic rings. The van der Waals surface area contributed by atoms with Gasteiger partial charge in [0.15, 0.2) is 0 Å². The highest BCUT2D eigenvalue weighted by Crippen LogP contribution is 2.21. The summed E-state index contributed by atoms with van der Waals surface area (Å²) in [6.07, 6.45) is 1.69. The third-order valence-corrected chi connectivity index (χ3v) is 2.94. The molecule has 21 heavy (non-hydrogen) atoms. The van der Waals surface area contributed by atoms with Crippen LogP contribution in [0.15, 0.2) is 24.3 Å². The Kier molecular flexibility index (Phi) is 6.20. The van der Waals surface area contributed by atoms with Gasteiger partial charge in [0.25, 0.3) is 0 Å². The van der Waals surface area contributed by atoms with E-state index in [1.165, 1.54) is 12.1 Å². The number of carboxylic acid groups (broad SMARTS) is 2. The third kappa shape index (κ3) is 5.85. The van der Waals surface area contributed by atoms with E-state index >= 15 is 0 Å². The molecule has 0 saturated carbocycles. The molecule has 0 radical (unpaired) electrons. The zero-order valence-electron chi connectivity index (χ0n) is 10.5. The molecule has 0 aliphatic carbocycles. The van der Waals surface area contributed by atoms with Crippen molar-refractivity contribution in [2.45, 2.75) is 12.5 Å². The van der Waals surface area contributed by atoms with E-state index in [1.54, 1.807) is 12.1 Å². The molecule has 1 atom stereocenters. The van der Waals surface area contributed by atoms with Crippen molar-refractivity contribution >= 4 is 47.1 Å². The Hall–Kier alpha value is -2.05. The van der Waals surface area contributed by atoms with Crippen LogP contribution in [0.25, 0.3) is 6.08 Å². The summed E-state index contributed by atoms with van der Waals surface area (Å²) in [6.45, 7) is 0. The van der Waals surface area contributed by atoms with Crippen LogP contribution in [0.4, 0.5) is 0 Å². The lowest BCUT2D eigenvalue weighted by Crippen LogP contribution is -2.41. The van der Waals surface area contributed by atoms with Crippen LogP contribution in [-0.2, 0) is 14.4 Å². The summed E-state index contributed by atoms with van der Waals surface area (Å²) < 4.78 is 0. The van der Waals surface area contributed by atoms with E-state index in [0.29, 0.717) is 15.6 Å². The van der Waals surface area contributed by atoms with Crippen molar-refractivity contribution in [3.05, 3.63) is 39.9 Å². The number of hydrogen-bond acceptors (Lipinski definition) is 3. The van der Waals surface area contributed by atoms with Crippen molar-refractivity contribution in [2.24, 2.45) is 0 Å². The number of halogens is 2. The second-order valence-electron chi connectivity index (χ2n) is 4.00. The number of carboxylic acids is 2. The van der Waals surface area contributed by atoms with Gasteiger partial charge in [0.05, 0.1) is 6.42 Å². The fourth-order valence-electron chi connectivity index (χ4n) is 1.40. The van der Waals surface area contributed by atoms with Gasteiger partial charge in [-0.3, -0.25) is 9.59 Å². The Bertz CT molecular complexity index is 600. The predicted molar refractivity (Wildman–Crippen MR) is 77.3 cm³/mol. The zero-order chi connectivity index (χ0) is 16.0. The van der Waals surface area contributed by atoms with Crippen LogP contribution >= 0.6 is 23.2 Å². The first-order valence-corrected chi connectivity index (χ1v) is 6.43. The molecule has 1 aromatic carbocycles. The molecule has 0 aromatic heterocycles. The van der Waals surface area contributed by atoms with Crippen molar-refractivity contribution < 1.29 is 24.6 Å². The second kappa shape index (κ2) is 7.66. The van der Waals surface area contributed by atoms with Gasteiger partial charge in [-0.15, -0.1) is 0 Å². The number of carbonyl (C=O) groups is 3. The molecular weight excluding hydrogens is 321 g/mol. The van der Waals surface area contributed by atoms with Gasteiger partial charge in [0, 0.05) is 16.1 Å². The molecule has 0 heterocycles. The van der Waals surface area contributed by atoms with Gasteiger partial charge in [-0.2, -0.15) is 0 Å². The Balaban J connectivity index is 2.75. The molecule has 0 fully saturated rings. The smallest absolute Gasteiger partial charge is 0.326 e. The largest absolute Gasteiger partial charge is 0.481 e. The van der Waals surface area contributed by atoms with E-state index in [2.05, 4.69) is 5.32 Å². The van der Waals surface area contributed by atoms with Crippen LogP contribution in [-0.4, -0.2) is 34.1 Å². The SMILES string of the molecule is O=C(O)CC(NC(=O)/C=C/c1cc(Cl)ccc1Cl)C(=O)O. The molecular formula is C13H11Cl2NO5. The maximum Gasteiger partial charge on any atom is 0.326 e. The maximum atomic E-state index is 11.6. The lowest BCUT2D eigenvalue weighted by Gasteiger charge is -2.10. The summed E-state index contributed by atoms with van der Waals surface area (Å²) in [5.74, 6) is -3.51. The molecule has 1 amide bonds. The van der Waals surface area contributed by atoms with Crippen LogP contribution in [0.5, 0.6) is 0 Å². The van der Waals surface area contributed by atoms with Crippen molar-refractivity contribution in [1.82, 2.24) is 5.32 Å². The number of carbonyl (C=O) groups excluding carboxylic acids is 1. The Morgan fingerprint density at radius 2 is 1.90 bits per heavy atom. The fraction of sp³-hybridized carbons (Fsp3) is 0.154. The summed E-state index contributed by atoms with van der Waals surface area (Å²) in [5.41, 5.74) is 0.476. The number of rotatable bonds is 6. The minimum Gasteiger partial charge on any atom is -0.481 e. The van der Waals surface area contributed by atoms with E-state index in [0.717, 1.165) is 6.08 Å². The zero-order valence-corrected chi connectivity index (χ0v) is 12.1. The van der Waals surface area contributed by atoms with Gasteiger partial charge in [0.2, 0.25) is 5.91 Å². The van der Waals surface area contributed by atoms with Crippen LogP contribution < -0.4 is 5.32 Å². The van der Waals surface area contributed by atoms with Crippen LogP contribution in [0, 0.1) is 0 Å². The molecule has 6 nitrogen and oxygen atoms in total. The maximum absolute atomic E-state index is 11.6. The van der Waals surface area contributed by atoms with Gasteiger partial charge in [-0.05, 0) is 29.8 Å². The molecule has 1 aromatic rings. The first-order valence-electron chi connectivity index (χ1n) is 5.68. The number of nitrogens with one attached hydrogen (secondary N) is 1. The van der Waals surface area contributed by atoms with E-state index < -0.39 is 30.3 Å². The van der Waals surface area contributed by atoms with Crippen molar-refractivity contribution in [2.75, 3.05) is 0 Å². The average molecular weight is 332 g/mol. The molecule has 0 aliphatic heterocycles. The normalized spacial score (nSPS) is 12.1. The highest BCUT2D eigenvalue weighted by Gasteiger charge is 2.21. The van der Waals surface area contributed by atoms with Crippen LogP contribution in [0.3, 0.4) is 0 Å². The highest BCUT2D eigenvalue weighted by atomic mass is 35.5. The molecule has 3 N–H and O–H groups in total. The first-order chi connectivity index (χ1) is 9.79. The quantitative estimate of drug-likeness (QED) is 0.692. The monoisotopic (exact) mass is 331 g/mol. The Morgan fingerprint density at radius 3 is 2.48 bits per heavy atom. The molecule has 0 spiro atoms. The first kappa shape index (κ1) is 17.0. The lowest BCUT2D eigenvalue weighted by molar-refractivity contribution is -0.146. The molecule has 1 rings (SSSR count). The second-order valence-corrected chi connectivity index (χ2v) is 4.84. The van der Waals surface area contributed by atoms with Gasteiger partial charge in [-0.25, -0.2) is 4.79 Å². The van der Waals surface area contributed by atoms with Gasteiger partial charge in [0.1, 0.15) is 6.04 Å². The number of hydrogen-bond donors (Lipinski definition) is 3. The van der Waals surface area contributed by atoms with E-state index in [1.807, 2.05) is 0 Å². The molecule has 112 valence electrons. The fourth-order valence-corrected chi connectivity index (χ4v) is 1.76. The van der Waals surface area contributed by atoms with Crippen molar-refractivity contribution in [3.63, 3.8) is 0 Å². The molecule has 0 saturated heterocycles. The lowest BCUT2D eigenvalue weighted by atomic mass is 10.2. The minimum atomic E-state index is -1.51. The van der Waals surface area contributed by atoms with Crippen molar-refractivity contribution in [3.8, 4) is 0 Å². The Morgan fingerprint density at radius 1 is 1.24 bits per heavy atom. The summed E-state index contributed by atoms with van der Waals surface area (Å²) in [4.78, 5) is 32.9. The topological polar surface area (TPSA) is 104 Å². The van der Waals surface area contributed by atoms with Crippen molar-refractivity contribution in [1.29, 1.82) is 0 Å².